The summed E-state index contributed by atoms with van der Waals surface area (Å²) in [6, 6.07) is 4.85. The number of hydrogen-bond donors (Lipinski definition) is 1. The van der Waals surface area contributed by atoms with Gasteiger partial charge in [-0.15, -0.1) is 0 Å². The molecule has 1 aromatic heterocycles. The summed E-state index contributed by atoms with van der Waals surface area (Å²) >= 11 is 0. The Morgan fingerprint density at radius 1 is 1.53 bits per heavy atom. The molecule has 2 aromatic rings. The molecule has 15 heavy (non-hydrogen) atoms. The van der Waals surface area contributed by atoms with E-state index in [2.05, 4.69) is 14.9 Å². The molecule has 1 N–H and O–H groups in total. The van der Waals surface area contributed by atoms with E-state index in [9.17, 15) is 9.59 Å². The average molecular weight is 204 g/mol. The number of nitrogens with zero attached hydrogens (tertiary/aromatic N) is 1. The van der Waals surface area contributed by atoms with Crippen LogP contribution in [0.5, 0.6) is 0 Å². The number of nitrogens with one attached hydrogen (secondary N) is 1. The van der Waals surface area contributed by atoms with Crippen LogP contribution in [0.15, 0.2) is 18.2 Å². The number of aldehydes is 1. The van der Waals surface area contributed by atoms with Gasteiger partial charge in [-0.3, -0.25) is 9.89 Å². The molecule has 0 saturated heterocycles. The SMILES string of the molecule is COC(=O)c1ccc2c(C=O)n[nH]c2c1. The Kier molecular flexibility index (Phi) is 2.21. The average Bonchev–Trinajstić information content (AvgIpc) is 2.69. The van der Waals surface area contributed by atoms with Gasteiger partial charge in [-0.2, -0.15) is 5.10 Å². The van der Waals surface area contributed by atoms with Crippen LogP contribution in [0.3, 0.4) is 0 Å². The van der Waals surface area contributed by atoms with E-state index in [1.165, 1.54) is 7.11 Å². The Balaban J connectivity index is 2.58. The molecule has 1 aromatic carbocycles. The molecular weight excluding hydrogens is 196 g/mol. The third-order valence-electron chi connectivity index (χ3n) is 2.13. The number of H-pyrrole nitrogens is 1. The summed E-state index contributed by atoms with van der Waals surface area (Å²) < 4.78 is 4.58. The fourth-order valence-corrected chi connectivity index (χ4v) is 1.38. The highest BCUT2D eigenvalue weighted by Gasteiger charge is 2.09. The van der Waals surface area contributed by atoms with Crippen molar-refractivity contribution in [2.75, 3.05) is 7.11 Å². The number of esters is 1. The first-order valence-electron chi connectivity index (χ1n) is 4.28. The van der Waals surface area contributed by atoms with Gasteiger partial charge in [0.2, 0.25) is 0 Å². The fourth-order valence-electron chi connectivity index (χ4n) is 1.38. The number of methoxy groups -OCH3 is 1. The number of aromatic nitrogens is 2. The van der Waals surface area contributed by atoms with Crippen LogP contribution >= 0.6 is 0 Å². The lowest BCUT2D eigenvalue weighted by atomic mass is 10.1. The number of fused-ring (bicyclic) bond motifs is 1. The molecule has 0 aliphatic carbocycles. The molecule has 0 fully saturated rings. The number of hydrogen-bond acceptors (Lipinski definition) is 4. The van der Waals surface area contributed by atoms with Gasteiger partial charge in [-0.05, 0) is 18.2 Å². The van der Waals surface area contributed by atoms with Gasteiger partial charge in [0.15, 0.2) is 6.29 Å². The first-order chi connectivity index (χ1) is 7.26. The van der Waals surface area contributed by atoms with E-state index in [0.29, 0.717) is 28.4 Å². The maximum absolute atomic E-state index is 11.2. The van der Waals surface area contributed by atoms with E-state index in [0.717, 1.165) is 0 Å². The molecule has 0 aliphatic rings. The maximum atomic E-state index is 11.2. The third kappa shape index (κ3) is 1.48. The monoisotopic (exact) mass is 204 g/mol. The molecule has 0 spiro atoms. The minimum atomic E-state index is -0.417. The predicted octanol–water partition coefficient (Wildman–Crippen LogP) is 1.16. The van der Waals surface area contributed by atoms with Crippen LogP contribution in [0.1, 0.15) is 20.8 Å². The molecule has 0 aliphatic heterocycles. The number of benzene rings is 1. The quantitative estimate of drug-likeness (QED) is 0.588. The molecule has 5 heteroatoms. The zero-order chi connectivity index (χ0) is 10.8. The molecule has 0 saturated carbocycles. The molecule has 0 bridgehead atoms. The standard InChI is InChI=1S/C10H8N2O3/c1-15-10(14)6-2-3-7-8(4-6)11-12-9(7)5-13/h2-5H,1H3,(H,11,12). The van der Waals surface area contributed by atoms with Gasteiger partial charge in [0.1, 0.15) is 5.69 Å². The van der Waals surface area contributed by atoms with Gasteiger partial charge in [-0.25, -0.2) is 4.79 Å². The van der Waals surface area contributed by atoms with Crippen molar-refractivity contribution >= 4 is 23.2 Å². The second-order valence-corrected chi connectivity index (χ2v) is 2.98. The molecule has 0 atom stereocenters. The summed E-state index contributed by atoms with van der Waals surface area (Å²) in [7, 11) is 1.32. The van der Waals surface area contributed by atoms with Gasteiger partial charge in [-0.1, -0.05) is 0 Å². The Hall–Kier alpha value is -2.17. The highest BCUT2D eigenvalue weighted by atomic mass is 16.5. The first-order valence-corrected chi connectivity index (χ1v) is 4.28. The van der Waals surface area contributed by atoms with Crippen molar-refractivity contribution in [3.8, 4) is 0 Å². The molecule has 0 amide bonds. The molecule has 1 heterocycles. The van der Waals surface area contributed by atoms with Crippen molar-refractivity contribution < 1.29 is 14.3 Å². The summed E-state index contributed by atoms with van der Waals surface area (Å²) in [5.74, 6) is -0.417. The summed E-state index contributed by atoms with van der Waals surface area (Å²) in [5.41, 5.74) is 1.40. The van der Waals surface area contributed by atoms with Gasteiger partial charge in [0, 0.05) is 5.39 Å². The van der Waals surface area contributed by atoms with Crippen molar-refractivity contribution in [1.82, 2.24) is 10.2 Å². The predicted molar refractivity (Wildman–Crippen MR) is 52.8 cm³/mol. The maximum Gasteiger partial charge on any atom is 0.337 e. The first kappa shape index (κ1) is 9.39. The normalized spacial score (nSPS) is 10.2. The van der Waals surface area contributed by atoms with Gasteiger partial charge < -0.3 is 4.74 Å². The lowest BCUT2D eigenvalue weighted by molar-refractivity contribution is 0.0601. The highest BCUT2D eigenvalue weighted by molar-refractivity contribution is 5.99. The lowest BCUT2D eigenvalue weighted by Crippen LogP contribution is -2.00. The smallest absolute Gasteiger partial charge is 0.337 e. The Morgan fingerprint density at radius 2 is 2.33 bits per heavy atom. The van der Waals surface area contributed by atoms with Crippen molar-refractivity contribution in [3.63, 3.8) is 0 Å². The Morgan fingerprint density at radius 3 is 3.00 bits per heavy atom. The van der Waals surface area contributed by atoms with Crippen LogP contribution < -0.4 is 0 Å². The second-order valence-electron chi connectivity index (χ2n) is 2.98. The Labute approximate surface area is 85.0 Å². The number of rotatable bonds is 2. The summed E-state index contributed by atoms with van der Waals surface area (Å²) in [5, 5.41) is 7.16. The van der Waals surface area contributed by atoms with E-state index in [-0.39, 0.29) is 0 Å². The minimum absolute atomic E-state index is 0.335. The van der Waals surface area contributed by atoms with Crippen molar-refractivity contribution in [1.29, 1.82) is 0 Å². The zero-order valence-corrected chi connectivity index (χ0v) is 7.98. The topological polar surface area (TPSA) is 72.1 Å². The highest BCUT2D eigenvalue weighted by Crippen LogP contribution is 2.16. The lowest BCUT2D eigenvalue weighted by Gasteiger charge is -1.98. The largest absolute Gasteiger partial charge is 0.465 e. The summed E-state index contributed by atoms with van der Waals surface area (Å²) in [6.45, 7) is 0. The summed E-state index contributed by atoms with van der Waals surface area (Å²) in [6.07, 6.45) is 0.663. The molecular formula is C10H8N2O3. The van der Waals surface area contributed by atoms with E-state index in [1.54, 1.807) is 18.2 Å². The van der Waals surface area contributed by atoms with Crippen molar-refractivity contribution in [2.24, 2.45) is 0 Å². The van der Waals surface area contributed by atoms with Crippen LogP contribution in [-0.2, 0) is 4.74 Å². The van der Waals surface area contributed by atoms with Gasteiger partial charge in [0.05, 0.1) is 18.2 Å². The zero-order valence-electron chi connectivity index (χ0n) is 7.98. The van der Waals surface area contributed by atoms with Crippen LogP contribution in [-0.4, -0.2) is 29.6 Å². The number of carbonyl (C=O) groups excluding carboxylic acids is 2. The number of ether oxygens (including phenoxy) is 1. The van der Waals surface area contributed by atoms with Crippen LogP contribution in [0, 0.1) is 0 Å². The summed E-state index contributed by atoms with van der Waals surface area (Å²) in [4.78, 5) is 21.8. The number of carbonyl (C=O) groups is 2. The molecule has 0 radical (unpaired) electrons. The van der Waals surface area contributed by atoms with E-state index in [1.807, 2.05) is 0 Å². The van der Waals surface area contributed by atoms with E-state index < -0.39 is 5.97 Å². The molecule has 5 nitrogen and oxygen atoms in total. The Bertz CT molecular complexity index is 530. The molecule has 0 unspecified atom stereocenters. The van der Waals surface area contributed by atoms with Crippen LogP contribution in [0.25, 0.3) is 10.9 Å². The van der Waals surface area contributed by atoms with Gasteiger partial charge >= 0.3 is 5.97 Å². The van der Waals surface area contributed by atoms with E-state index >= 15 is 0 Å². The molecule has 76 valence electrons. The fraction of sp³-hybridized carbons (Fsp3) is 0.100. The third-order valence-corrected chi connectivity index (χ3v) is 2.13. The van der Waals surface area contributed by atoms with Gasteiger partial charge in [0.25, 0.3) is 0 Å². The van der Waals surface area contributed by atoms with Crippen LogP contribution in [0.2, 0.25) is 0 Å². The molecule has 2 rings (SSSR count). The van der Waals surface area contributed by atoms with Crippen molar-refractivity contribution in [2.45, 2.75) is 0 Å². The number of aromatic amines is 1. The van der Waals surface area contributed by atoms with Crippen molar-refractivity contribution in [3.05, 3.63) is 29.5 Å². The second kappa shape index (κ2) is 3.53. The van der Waals surface area contributed by atoms with E-state index in [4.69, 9.17) is 0 Å². The minimum Gasteiger partial charge on any atom is -0.465 e. The van der Waals surface area contributed by atoms with Crippen LogP contribution in [0.4, 0.5) is 0 Å².